The number of amides is 1. The smallest absolute Gasteiger partial charge is 0.263 e. The third kappa shape index (κ3) is 4.56. The van der Waals surface area contributed by atoms with Gasteiger partial charge in [-0.15, -0.1) is 0 Å². The molecular formula is C27H29N5O3. The first-order chi connectivity index (χ1) is 17.2. The molecule has 0 aliphatic carbocycles. The largest absolute Gasteiger partial charge is 0.496 e. The van der Waals surface area contributed by atoms with E-state index in [9.17, 15) is 4.79 Å². The molecular weight excluding hydrogens is 442 g/mol. The van der Waals surface area contributed by atoms with E-state index in [0.29, 0.717) is 36.7 Å². The second-order valence-electron chi connectivity index (χ2n) is 8.62. The summed E-state index contributed by atoms with van der Waals surface area (Å²) in [6.07, 6.45) is 2.52. The van der Waals surface area contributed by atoms with Crippen molar-refractivity contribution >= 4 is 22.8 Å². The molecule has 4 aromatic rings. The zero-order chi connectivity index (χ0) is 24.2. The molecule has 0 spiro atoms. The van der Waals surface area contributed by atoms with Crippen LogP contribution in [-0.2, 0) is 6.42 Å². The van der Waals surface area contributed by atoms with Crippen LogP contribution in [0.15, 0.2) is 59.1 Å². The van der Waals surface area contributed by atoms with Crippen molar-refractivity contribution in [3.05, 3.63) is 66.0 Å². The number of anilines is 1. The Kier molecular flexibility index (Phi) is 6.61. The fourth-order valence-corrected chi connectivity index (χ4v) is 4.56. The highest BCUT2D eigenvalue weighted by Gasteiger charge is 2.27. The molecule has 1 fully saturated rings. The number of fused-ring (bicyclic) bond motifs is 1. The van der Waals surface area contributed by atoms with E-state index in [1.165, 1.54) is 0 Å². The predicted octanol–water partition coefficient (Wildman–Crippen LogP) is 4.60. The van der Waals surface area contributed by atoms with Gasteiger partial charge in [-0.3, -0.25) is 4.79 Å². The van der Waals surface area contributed by atoms with Gasteiger partial charge in [0.2, 0.25) is 0 Å². The van der Waals surface area contributed by atoms with Crippen LogP contribution in [0.5, 0.6) is 5.75 Å². The van der Waals surface area contributed by atoms with E-state index in [0.717, 1.165) is 54.1 Å². The summed E-state index contributed by atoms with van der Waals surface area (Å²) in [6.45, 7) is 4.77. The van der Waals surface area contributed by atoms with Crippen LogP contribution >= 0.6 is 0 Å². The molecule has 1 aliphatic rings. The quantitative estimate of drug-likeness (QED) is 0.406. The summed E-state index contributed by atoms with van der Waals surface area (Å²) in [5.74, 6) is 2.15. The number of ether oxygens (including phenoxy) is 1. The summed E-state index contributed by atoms with van der Waals surface area (Å²) < 4.78 is 11.1. The van der Waals surface area contributed by atoms with E-state index in [4.69, 9.17) is 14.2 Å². The molecule has 1 saturated heterocycles. The molecule has 1 aliphatic heterocycles. The van der Waals surface area contributed by atoms with Crippen molar-refractivity contribution in [3.8, 4) is 17.0 Å². The Bertz CT molecular complexity index is 1320. The molecule has 180 valence electrons. The van der Waals surface area contributed by atoms with Crippen LogP contribution in [0.2, 0.25) is 0 Å². The van der Waals surface area contributed by atoms with Gasteiger partial charge in [0, 0.05) is 38.2 Å². The average molecular weight is 472 g/mol. The number of methoxy groups -OCH3 is 1. The number of hydrogen-bond acceptors (Lipinski definition) is 7. The molecule has 3 heterocycles. The lowest BCUT2D eigenvalue weighted by molar-refractivity contribution is 0.0763. The van der Waals surface area contributed by atoms with Gasteiger partial charge in [-0.2, -0.15) is 4.98 Å². The van der Waals surface area contributed by atoms with Crippen molar-refractivity contribution in [1.29, 1.82) is 0 Å². The second-order valence-corrected chi connectivity index (χ2v) is 8.62. The summed E-state index contributed by atoms with van der Waals surface area (Å²) in [7, 11) is 1.59. The lowest BCUT2D eigenvalue weighted by Crippen LogP contribution is -2.35. The molecule has 0 saturated carbocycles. The van der Waals surface area contributed by atoms with Crippen molar-refractivity contribution in [3.63, 3.8) is 0 Å². The van der Waals surface area contributed by atoms with E-state index >= 15 is 0 Å². The van der Waals surface area contributed by atoms with Crippen LogP contribution in [-0.4, -0.2) is 59.2 Å². The molecule has 0 atom stereocenters. The van der Waals surface area contributed by atoms with Gasteiger partial charge in [0.1, 0.15) is 28.5 Å². The summed E-state index contributed by atoms with van der Waals surface area (Å²) in [4.78, 5) is 27.0. The first kappa shape index (κ1) is 22.8. The Hall–Kier alpha value is -3.94. The maximum Gasteiger partial charge on any atom is 0.263 e. The fourth-order valence-electron chi connectivity index (χ4n) is 4.56. The number of hydrogen-bond donors (Lipinski definition) is 0. The second kappa shape index (κ2) is 10.1. The maximum atomic E-state index is 13.3. The average Bonchev–Trinajstić information content (AvgIpc) is 3.17. The Morgan fingerprint density at radius 1 is 1.00 bits per heavy atom. The number of carbonyl (C=O) groups is 1. The van der Waals surface area contributed by atoms with Gasteiger partial charge in [0.25, 0.3) is 11.6 Å². The van der Waals surface area contributed by atoms with Gasteiger partial charge in [-0.05, 0) is 25.0 Å². The number of para-hydroxylation sites is 1. The molecule has 5 rings (SSSR count). The number of carbonyl (C=O) groups excluding carboxylic acids is 1. The fraction of sp³-hybridized carbons (Fsp3) is 0.333. The highest BCUT2D eigenvalue weighted by molar-refractivity contribution is 5.98. The zero-order valence-corrected chi connectivity index (χ0v) is 20.1. The SMILES string of the molecule is CCCc1nc(N2CCCN(C(=O)c3ccccc3OC)CC2)c2c(-c3ccccc3)noc2n1. The monoisotopic (exact) mass is 471 g/mol. The summed E-state index contributed by atoms with van der Waals surface area (Å²) in [6, 6.07) is 17.3. The molecule has 0 radical (unpaired) electrons. The van der Waals surface area contributed by atoms with E-state index in [-0.39, 0.29) is 5.91 Å². The number of aryl methyl sites for hydroxylation is 1. The van der Waals surface area contributed by atoms with E-state index < -0.39 is 0 Å². The van der Waals surface area contributed by atoms with E-state index in [1.54, 1.807) is 7.11 Å². The predicted molar refractivity (Wildman–Crippen MR) is 135 cm³/mol. The third-order valence-electron chi connectivity index (χ3n) is 6.30. The number of nitrogens with zero attached hydrogens (tertiary/aromatic N) is 5. The molecule has 0 bridgehead atoms. The number of aromatic nitrogens is 3. The van der Waals surface area contributed by atoms with Crippen molar-refractivity contribution in [2.45, 2.75) is 26.2 Å². The van der Waals surface area contributed by atoms with Crippen LogP contribution in [0.4, 0.5) is 5.82 Å². The van der Waals surface area contributed by atoms with Crippen molar-refractivity contribution in [2.24, 2.45) is 0 Å². The highest BCUT2D eigenvalue weighted by Crippen LogP contribution is 2.34. The van der Waals surface area contributed by atoms with Gasteiger partial charge < -0.3 is 19.1 Å². The van der Waals surface area contributed by atoms with Crippen molar-refractivity contribution < 1.29 is 14.1 Å². The van der Waals surface area contributed by atoms with Gasteiger partial charge in [-0.25, -0.2) is 4.98 Å². The van der Waals surface area contributed by atoms with Crippen LogP contribution in [0, 0.1) is 0 Å². The van der Waals surface area contributed by atoms with Gasteiger partial charge in [0.15, 0.2) is 0 Å². The minimum atomic E-state index is -0.0150. The minimum absolute atomic E-state index is 0.0150. The first-order valence-electron chi connectivity index (χ1n) is 12.1. The molecule has 2 aromatic heterocycles. The Morgan fingerprint density at radius 2 is 1.80 bits per heavy atom. The maximum absolute atomic E-state index is 13.3. The third-order valence-corrected chi connectivity index (χ3v) is 6.30. The number of benzene rings is 2. The standard InChI is InChI=1S/C27H29N5O3/c1-3-10-22-28-25(23-24(30-35-26(23)29-22)19-11-5-4-6-12-19)31-15-9-16-32(18-17-31)27(33)20-13-7-8-14-21(20)34-2/h4-8,11-14H,3,9-10,15-18H2,1-2H3. The molecule has 8 nitrogen and oxygen atoms in total. The Morgan fingerprint density at radius 3 is 2.60 bits per heavy atom. The van der Waals surface area contributed by atoms with Gasteiger partial charge in [-0.1, -0.05) is 54.5 Å². The van der Waals surface area contributed by atoms with Crippen LogP contribution in [0.1, 0.15) is 35.9 Å². The van der Waals surface area contributed by atoms with Crippen molar-refractivity contribution in [1.82, 2.24) is 20.0 Å². The lowest BCUT2D eigenvalue weighted by atomic mass is 10.1. The van der Waals surface area contributed by atoms with E-state index in [1.807, 2.05) is 59.5 Å². The number of rotatable bonds is 6. The molecule has 1 amide bonds. The zero-order valence-electron chi connectivity index (χ0n) is 20.1. The van der Waals surface area contributed by atoms with Crippen LogP contribution in [0.3, 0.4) is 0 Å². The molecule has 0 unspecified atom stereocenters. The van der Waals surface area contributed by atoms with Gasteiger partial charge >= 0.3 is 0 Å². The molecule has 2 aromatic carbocycles. The molecule has 35 heavy (non-hydrogen) atoms. The minimum Gasteiger partial charge on any atom is -0.496 e. The van der Waals surface area contributed by atoms with Gasteiger partial charge in [0.05, 0.1) is 12.7 Å². The summed E-state index contributed by atoms with van der Waals surface area (Å²) in [5, 5.41) is 5.19. The first-order valence-corrected chi connectivity index (χ1v) is 12.1. The molecule has 0 N–H and O–H groups in total. The summed E-state index contributed by atoms with van der Waals surface area (Å²) in [5.41, 5.74) is 2.79. The summed E-state index contributed by atoms with van der Waals surface area (Å²) >= 11 is 0. The van der Waals surface area contributed by atoms with Crippen LogP contribution < -0.4 is 9.64 Å². The topological polar surface area (TPSA) is 84.6 Å². The highest BCUT2D eigenvalue weighted by atomic mass is 16.5. The molecule has 8 heteroatoms. The van der Waals surface area contributed by atoms with Crippen LogP contribution in [0.25, 0.3) is 22.4 Å². The Balaban J connectivity index is 1.48. The Labute approximate surface area is 204 Å². The van der Waals surface area contributed by atoms with Crippen molar-refractivity contribution in [2.75, 3.05) is 38.2 Å². The van der Waals surface area contributed by atoms with E-state index in [2.05, 4.69) is 22.0 Å². The lowest BCUT2D eigenvalue weighted by Gasteiger charge is -2.24. The normalized spacial score (nSPS) is 14.2.